The first-order valence-corrected chi connectivity index (χ1v) is 7.30. The second kappa shape index (κ2) is 6.95. The molecule has 1 atom stereocenters. The molecule has 8 heteroatoms. The van der Waals surface area contributed by atoms with Gasteiger partial charge in [0.2, 0.25) is 12.2 Å². The highest BCUT2D eigenvalue weighted by molar-refractivity contribution is 6.11. The molecule has 0 aliphatic heterocycles. The number of hydrogen-bond acceptors (Lipinski definition) is 6. The van der Waals surface area contributed by atoms with Gasteiger partial charge in [-0.05, 0) is 19.4 Å². The molecule has 0 saturated heterocycles. The van der Waals surface area contributed by atoms with E-state index >= 15 is 0 Å². The molecular formula is C16H18N4O4. The summed E-state index contributed by atoms with van der Waals surface area (Å²) in [5, 5.41) is 17.2. The standard InChI is InChI=1S/C16H18N4O4/c1-3-9(2)20(8-21)14-11-4-12(10(5-17)6-18)19-7-13(11)24-15(14)16(22)23/h4-9,17H,3,18H2,1-2H3,(H,22,23)/b10-6+,17-5?. The largest absolute Gasteiger partial charge is 0.475 e. The van der Waals surface area contributed by atoms with E-state index in [0.29, 0.717) is 29.5 Å². The monoisotopic (exact) mass is 330 g/mol. The lowest BCUT2D eigenvalue weighted by Crippen LogP contribution is -2.32. The summed E-state index contributed by atoms with van der Waals surface area (Å²) in [5.74, 6) is -1.61. The third-order valence-electron chi connectivity index (χ3n) is 3.81. The van der Waals surface area contributed by atoms with Gasteiger partial charge in [-0.1, -0.05) is 6.92 Å². The van der Waals surface area contributed by atoms with Crippen LogP contribution in [0.15, 0.2) is 22.9 Å². The molecule has 0 bridgehead atoms. The molecule has 0 aliphatic rings. The van der Waals surface area contributed by atoms with Crippen LogP contribution in [0, 0.1) is 5.41 Å². The summed E-state index contributed by atoms with van der Waals surface area (Å²) in [5.41, 5.74) is 6.63. The van der Waals surface area contributed by atoms with E-state index in [9.17, 15) is 14.7 Å². The summed E-state index contributed by atoms with van der Waals surface area (Å²) in [6.45, 7) is 3.70. The van der Waals surface area contributed by atoms with Crippen LogP contribution in [0.2, 0.25) is 0 Å². The quantitative estimate of drug-likeness (QED) is 0.526. The van der Waals surface area contributed by atoms with E-state index in [2.05, 4.69) is 4.98 Å². The molecule has 2 rings (SSSR count). The normalized spacial score (nSPS) is 12.8. The van der Waals surface area contributed by atoms with Crippen molar-refractivity contribution < 1.29 is 19.1 Å². The first-order chi connectivity index (χ1) is 11.5. The number of amides is 1. The highest BCUT2D eigenvalue weighted by Gasteiger charge is 2.27. The number of aromatic nitrogens is 1. The van der Waals surface area contributed by atoms with Gasteiger partial charge in [0.1, 0.15) is 5.69 Å². The van der Waals surface area contributed by atoms with Gasteiger partial charge in [0.05, 0.1) is 11.9 Å². The SMILES string of the molecule is CCC(C)N(C=O)c1c(C(=O)O)oc2cnc(/C(C=N)=C/N)cc12. The predicted octanol–water partition coefficient (Wildman–Crippen LogP) is 2.24. The Kier molecular flexibility index (Phi) is 4.98. The number of anilines is 1. The third kappa shape index (κ3) is 2.85. The van der Waals surface area contributed by atoms with Crippen molar-refractivity contribution in [3.8, 4) is 0 Å². The molecule has 2 aromatic heterocycles. The van der Waals surface area contributed by atoms with Gasteiger partial charge in [-0.15, -0.1) is 0 Å². The number of nitrogens with one attached hydrogen (secondary N) is 1. The summed E-state index contributed by atoms with van der Waals surface area (Å²) >= 11 is 0. The first-order valence-electron chi connectivity index (χ1n) is 7.30. The molecule has 8 nitrogen and oxygen atoms in total. The van der Waals surface area contributed by atoms with Crippen molar-refractivity contribution in [2.24, 2.45) is 5.73 Å². The van der Waals surface area contributed by atoms with Crippen LogP contribution in [0.3, 0.4) is 0 Å². The smallest absolute Gasteiger partial charge is 0.374 e. The molecular weight excluding hydrogens is 312 g/mol. The second-order valence-corrected chi connectivity index (χ2v) is 5.19. The van der Waals surface area contributed by atoms with E-state index in [4.69, 9.17) is 15.6 Å². The van der Waals surface area contributed by atoms with Gasteiger partial charge in [-0.2, -0.15) is 0 Å². The molecule has 0 saturated carbocycles. The Morgan fingerprint density at radius 3 is 2.79 bits per heavy atom. The number of rotatable bonds is 7. The van der Waals surface area contributed by atoms with Gasteiger partial charge in [0.15, 0.2) is 5.58 Å². The summed E-state index contributed by atoms with van der Waals surface area (Å²) in [6, 6.07) is 1.34. The number of nitrogens with zero attached hydrogens (tertiary/aromatic N) is 2. The first kappa shape index (κ1) is 17.2. The summed E-state index contributed by atoms with van der Waals surface area (Å²) in [6.07, 6.45) is 4.84. The highest BCUT2D eigenvalue weighted by Crippen LogP contribution is 2.35. The molecule has 0 radical (unpaired) electrons. The Labute approximate surface area is 138 Å². The van der Waals surface area contributed by atoms with E-state index < -0.39 is 5.97 Å². The maximum Gasteiger partial charge on any atom is 0.374 e. The molecule has 0 aromatic carbocycles. The van der Waals surface area contributed by atoms with Crippen LogP contribution in [-0.2, 0) is 4.79 Å². The molecule has 24 heavy (non-hydrogen) atoms. The lowest BCUT2D eigenvalue weighted by molar-refractivity contribution is -0.107. The molecule has 1 unspecified atom stereocenters. The molecule has 4 N–H and O–H groups in total. The maximum absolute atomic E-state index is 11.6. The van der Waals surface area contributed by atoms with E-state index in [0.717, 1.165) is 6.21 Å². The minimum atomic E-state index is -1.28. The van der Waals surface area contributed by atoms with Crippen LogP contribution in [0.5, 0.6) is 0 Å². The molecule has 0 spiro atoms. The van der Waals surface area contributed by atoms with Crippen molar-refractivity contribution in [3.63, 3.8) is 0 Å². The van der Waals surface area contributed by atoms with E-state index in [1.807, 2.05) is 13.8 Å². The van der Waals surface area contributed by atoms with Crippen molar-refractivity contribution in [1.82, 2.24) is 4.98 Å². The van der Waals surface area contributed by atoms with Crippen molar-refractivity contribution in [3.05, 3.63) is 29.9 Å². The fraction of sp³-hybridized carbons (Fsp3) is 0.250. The Morgan fingerprint density at radius 2 is 2.29 bits per heavy atom. The third-order valence-corrected chi connectivity index (χ3v) is 3.81. The zero-order chi connectivity index (χ0) is 17.9. The lowest BCUT2D eigenvalue weighted by Gasteiger charge is -2.23. The maximum atomic E-state index is 11.6. The minimum Gasteiger partial charge on any atom is -0.475 e. The van der Waals surface area contributed by atoms with Crippen LogP contribution < -0.4 is 10.6 Å². The molecule has 2 heterocycles. The van der Waals surface area contributed by atoms with E-state index in [1.165, 1.54) is 17.3 Å². The zero-order valence-electron chi connectivity index (χ0n) is 13.3. The van der Waals surface area contributed by atoms with Gasteiger partial charge in [-0.25, -0.2) is 4.79 Å². The number of fused-ring (bicyclic) bond motifs is 1. The van der Waals surface area contributed by atoms with Crippen LogP contribution in [0.4, 0.5) is 5.69 Å². The van der Waals surface area contributed by atoms with Gasteiger partial charge in [-0.3, -0.25) is 9.78 Å². The number of carbonyl (C=O) groups excluding carboxylic acids is 1. The van der Waals surface area contributed by atoms with Gasteiger partial charge < -0.3 is 25.6 Å². The number of aromatic carboxylic acids is 1. The number of allylic oxidation sites excluding steroid dienone is 1. The van der Waals surface area contributed by atoms with Crippen LogP contribution in [0.1, 0.15) is 36.5 Å². The fourth-order valence-electron chi connectivity index (χ4n) is 2.33. The summed E-state index contributed by atoms with van der Waals surface area (Å²) in [7, 11) is 0. The van der Waals surface area contributed by atoms with E-state index in [1.54, 1.807) is 6.07 Å². The molecule has 126 valence electrons. The predicted molar refractivity (Wildman–Crippen MR) is 90.2 cm³/mol. The molecule has 0 aliphatic carbocycles. The second-order valence-electron chi connectivity index (χ2n) is 5.19. The van der Waals surface area contributed by atoms with Crippen molar-refractivity contribution in [2.45, 2.75) is 26.3 Å². The Bertz CT molecular complexity index is 825. The Morgan fingerprint density at radius 1 is 1.58 bits per heavy atom. The van der Waals surface area contributed by atoms with Gasteiger partial charge in [0, 0.05) is 29.4 Å². The Hall–Kier alpha value is -3.16. The van der Waals surface area contributed by atoms with Crippen molar-refractivity contribution in [1.29, 1.82) is 5.41 Å². The fourth-order valence-corrected chi connectivity index (χ4v) is 2.33. The summed E-state index contributed by atoms with van der Waals surface area (Å²) < 4.78 is 5.37. The lowest BCUT2D eigenvalue weighted by atomic mass is 10.1. The molecule has 2 aromatic rings. The number of hydrogen-bond donors (Lipinski definition) is 3. The average Bonchev–Trinajstić information content (AvgIpc) is 2.96. The number of pyridine rings is 1. The average molecular weight is 330 g/mol. The number of carboxylic acids is 1. The molecule has 0 fully saturated rings. The van der Waals surface area contributed by atoms with Crippen LogP contribution in [0.25, 0.3) is 16.5 Å². The van der Waals surface area contributed by atoms with Crippen LogP contribution >= 0.6 is 0 Å². The number of nitrogens with two attached hydrogens (primary N) is 1. The van der Waals surface area contributed by atoms with Crippen molar-refractivity contribution in [2.75, 3.05) is 4.90 Å². The van der Waals surface area contributed by atoms with Gasteiger partial charge >= 0.3 is 5.97 Å². The van der Waals surface area contributed by atoms with Gasteiger partial charge in [0.25, 0.3) is 0 Å². The van der Waals surface area contributed by atoms with Crippen molar-refractivity contribution >= 4 is 40.8 Å². The van der Waals surface area contributed by atoms with Crippen LogP contribution in [-0.4, -0.2) is 34.7 Å². The Balaban J connectivity index is 2.79. The summed E-state index contributed by atoms with van der Waals surface area (Å²) in [4.78, 5) is 28.5. The topological polar surface area (TPSA) is 134 Å². The minimum absolute atomic E-state index is 0.173. The van der Waals surface area contributed by atoms with E-state index in [-0.39, 0.29) is 23.1 Å². The zero-order valence-corrected chi connectivity index (χ0v) is 13.3. The number of carboxylic acid groups (broad SMARTS) is 1. The highest BCUT2D eigenvalue weighted by atomic mass is 16.4. The number of carbonyl (C=O) groups is 2. The number of furan rings is 1. The molecule has 1 amide bonds.